The van der Waals surface area contributed by atoms with Crippen molar-refractivity contribution in [2.24, 2.45) is 0 Å². The molecule has 0 unspecified atom stereocenters. The molecule has 0 aliphatic rings. The molecule has 110 valence electrons. The van der Waals surface area contributed by atoms with Crippen molar-refractivity contribution in [2.45, 2.75) is 6.92 Å². The van der Waals surface area contributed by atoms with Crippen LogP contribution >= 0.6 is 50.7 Å². The molecule has 0 aliphatic carbocycles. The van der Waals surface area contributed by atoms with Crippen LogP contribution < -0.4 is 4.74 Å². The Hall–Kier alpha value is -0.740. The minimum absolute atomic E-state index is 0.251. The van der Waals surface area contributed by atoms with Gasteiger partial charge in [-0.05, 0) is 47.1 Å². The third-order valence-corrected chi connectivity index (χ3v) is 4.59. The van der Waals surface area contributed by atoms with Gasteiger partial charge in [0.05, 0.1) is 21.7 Å². The Morgan fingerprint density at radius 1 is 1.10 bits per heavy atom. The fourth-order valence-electron chi connectivity index (χ4n) is 1.76. The van der Waals surface area contributed by atoms with Gasteiger partial charge in [-0.25, -0.2) is 0 Å². The highest BCUT2D eigenvalue weighted by molar-refractivity contribution is 9.10. The maximum Gasteiger partial charge on any atom is 0.194 e. The molecule has 0 spiro atoms. The predicted octanol–water partition coefficient (Wildman–Crippen LogP) is 6.04. The van der Waals surface area contributed by atoms with E-state index in [1.807, 2.05) is 6.92 Å². The summed E-state index contributed by atoms with van der Waals surface area (Å²) in [6.45, 7) is 2.30. The van der Waals surface area contributed by atoms with Crippen LogP contribution in [0.1, 0.15) is 22.8 Å². The second-order valence-electron chi connectivity index (χ2n) is 4.15. The van der Waals surface area contributed by atoms with Gasteiger partial charge in [0.25, 0.3) is 0 Å². The van der Waals surface area contributed by atoms with E-state index in [1.165, 1.54) is 6.07 Å². The molecule has 0 amide bonds. The van der Waals surface area contributed by atoms with E-state index in [0.717, 1.165) is 4.47 Å². The smallest absolute Gasteiger partial charge is 0.194 e. The van der Waals surface area contributed by atoms with Crippen LogP contribution in [-0.2, 0) is 0 Å². The molecule has 0 heterocycles. The van der Waals surface area contributed by atoms with Crippen LogP contribution in [0.5, 0.6) is 5.75 Å². The van der Waals surface area contributed by atoms with Crippen molar-refractivity contribution >= 4 is 56.5 Å². The number of ketones is 1. The lowest BCUT2D eigenvalue weighted by atomic mass is 10.0. The third-order valence-electron chi connectivity index (χ3n) is 2.75. The minimum Gasteiger partial charge on any atom is -0.492 e. The number of benzene rings is 2. The molecule has 2 aromatic carbocycles. The molecule has 0 radical (unpaired) electrons. The monoisotopic (exact) mass is 406 g/mol. The standard InChI is InChI=1S/C15H10BrCl3O2/c1-2-21-14-7-11(17)9(6-13(14)19)15(20)8-3-4-10(16)12(18)5-8/h3-7H,2H2,1H3. The maximum atomic E-state index is 12.5. The Morgan fingerprint density at radius 2 is 1.81 bits per heavy atom. The van der Waals surface area contributed by atoms with Crippen LogP contribution in [0.15, 0.2) is 34.8 Å². The Balaban J connectivity index is 2.43. The van der Waals surface area contributed by atoms with Crippen LogP contribution in [0.4, 0.5) is 0 Å². The topological polar surface area (TPSA) is 26.3 Å². The molecule has 2 aromatic rings. The fourth-order valence-corrected chi connectivity index (χ4v) is 2.65. The van der Waals surface area contributed by atoms with Gasteiger partial charge in [0.15, 0.2) is 5.78 Å². The molecule has 0 aromatic heterocycles. The van der Waals surface area contributed by atoms with Gasteiger partial charge in [0, 0.05) is 21.7 Å². The van der Waals surface area contributed by atoms with Gasteiger partial charge in [-0.15, -0.1) is 0 Å². The van der Waals surface area contributed by atoms with Gasteiger partial charge in [-0.1, -0.05) is 34.8 Å². The SMILES string of the molecule is CCOc1cc(Cl)c(C(=O)c2ccc(Br)c(Cl)c2)cc1Cl. The van der Waals surface area contributed by atoms with Crippen molar-refractivity contribution in [3.8, 4) is 5.75 Å². The van der Waals surface area contributed by atoms with Crippen molar-refractivity contribution < 1.29 is 9.53 Å². The highest BCUT2D eigenvalue weighted by Crippen LogP contribution is 2.33. The Bertz CT molecular complexity index is 702. The highest BCUT2D eigenvalue weighted by Gasteiger charge is 2.17. The maximum absolute atomic E-state index is 12.5. The lowest BCUT2D eigenvalue weighted by molar-refractivity contribution is 0.103. The van der Waals surface area contributed by atoms with E-state index in [1.54, 1.807) is 24.3 Å². The molecule has 0 atom stereocenters. The van der Waals surface area contributed by atoms with Gasteiger partial charge >= 0.3 is 0 Å². The Kier molecular flexibility index (Phi) is 5.55. The van der Waals surface area contributed by atoms with E-state index < -0.39 is 0 Å². The first-order chi connectivity index (χ1) is 9.93. The molecule has 0 saturated heterocycles. The van der Waals surface area contributed by atoms with E-state index >= 15 is 0 Å². The minimum atomic E-state index is -0.251. The van der Waals surface area contributed by atoms with Crippen LogP contribution in [0.3, 0.4) is 0 Å². The molecular formula is C15H10BrCl3O2. The summed E-state index contributed by atoms with van der Waals surface area (Å²) in [6, 6.07) is 8.00. The lowest BCUT2D eigenvalue weighted by Gasteiger charge is -2.10. The first-order valence-corrected chi connectivity index (χ1v) is 7.98. The normalized spacial score (nSPS) is 10.5. The number of carbonyl (C=O) groups excluding carboxylic acids is 1. The molecule has 6 heteroatoms. The third kappa shape index (κ3) is 3.72. The zero-order valence-electron chi connectivity index (χ0n) is 10.9. The van der Waals surface area contributed by atoms with Crippen LogP contribution in [-0.4, -0.2) is 12.4 Å². The Labute approximate surface area is 146 Å². The van der Waals surface area contributed by atoms with E-state index in [2.05, 4.69) is 15.9 Å². The first-order valence-electron chi connectivity index (χ1n) is 6.05. The van der Waals surface area contributed by atoms with E-state index in [9.17, 15) is 4.79 Å². The summed E-state index contributed by atoms with van der Waals surface area (Å²) < 4.78 is 6.06. The summed E-state index contributed by atoms with van der Waals surface area (Å²) >= 11 is 21.5. The molecule has 0 saturated carbocycles. The van der Waals surface area contributed by atoms with Crippen molar-refractivity contribution in [1.82, 2.24) is 0 Å². The average Bonchev–Trinajstić information content (AvgIpc) is 2.45. The number of halogens is 4. The zero-order chi connectivity index (χ0) is 15.6. The summed E-state index contributed by atoms with van der Waals surface area (Å²) in [5, 5.41) is 1.08. The van der Waals surface area contributed by atoms with Gasteiger partial charge < -0.3 is 4.74 Å². The lowest BCUT2D eigenvalue weighted by Crippen LogP contribution is -2.03. The zero-order valence-corrected chi connectivity index (χ0v) is 14.8. The second-order valence-corrected chi connectivity index (χ2v) is 6.23. The summed E-state index contributed by atoms with van der Waals surface area (Å²) in [7, 11) is 0. The second kappa shape index (κ2) is 7.01. The van der Waals surface area contributed by atoms with Gasteiger partial charge in [-0.3, -0.25) is 4.79 Å². The predicted molar refractivity (Wildman–Crippen MR) is 90.2 cm³/mol. The highest BCUT2D eigenvalue weighted by atomic mass is 79.9. The van der Waals surface area contributed by atoms with Crippen molar-refractivity contribution in [1.29, 1.82) is 0 Å². The van der Waals surface area contributed by atoms with E-state index in [4.69, 9.17) is 39.5 Å². The fraction of sp³-hybridized carbons (Fsp3) is 0.133. The van der Waals surface area contributed by atoms with Crippen molar-refractivity contribution in [2.75, 3.05) is 6.61 Å². The van der Waals surface area contributed by atoms with Crippen LogP contribution in [0.25, 0.3) is 0 Å². The van der Waals surface area contributed by atoms with Crippen LogP contribution in [0.2, 0.25) is 15.1 Å². The van der Waals surface area contributed by atoms with Crippen molar-refractivity contribution in [3.63, 3.8) is 0 Å². The van der Waals surface area contributed by atoms with Crippen LogP contribution in [0, 0.1) is 0 Å². The summed E-state index contributed by atoms with van der Waals surface area (Å²) in [5.41, 5.74) is 0.744. The van der Waals surface area contributed by atoms with E-state index in [0.29, 0.717) is 33.5 Å². The molecule has 2 nitrogen and oxygen atoms in total. The molecular weight excluding hydrogens is 398 g/mol. The molecule has 21 heavy (non-hydrogen) atoms. The summed E-state index contributed by atoms with van der Waals surface area (Å²) in [5.74, 6) is 0.203. The van der Waals surface area contributed by atoms with Crippen molar-refractivity contribution in [3.05, 3.63) is 61.0 Å². The summed E-state index contributed by atoms with van der Waals surface area (Å²) in [6.07, 6.45) is 0. The molecule has 0 bridgehead atoms. The molecule has 0 fully saturated rings. The first kappa shape index (κ1) is 16.6. The quantitative estimate of drug-likeness (QED) is 0.577. The number of ether oxygens (including phenoxy) is 1. The van der Waals surface area contributed by atoms with Gasteiger partial charge in [0.2, 0.25) is 0 Å². The Morgan fingerprint density at radius 3 is 2.43 bits per heavy atom. The number of hydrogen-bond donors (Lipinski definition) is 0. The number of rotatable bonds is 4. The van der Waals surface area contributed by atoms with E-state index in [-0.39, 0.29) is 10.8 Å². The largest absolute Gasteiger partial charge is 0.492 e. The molecule has 0 N–H and O–H groups in total. The number of hydrogen-bond acceptors (Lipinski definition) is 2. The molecule has 2 rings (SSSR count). The van der Waals surface area contributed by atoms with Gasteiger partial charge in [-0.2, -0.15) is 0 Å². The molecule has 0 aliphatic heterocycles. The summed E-state index contributed by atoms with van der Waals surface area (Å²) in [4.78, 5) is 12.5. The van der Waals surface area contributed by atoms with Gasteiger partial charge in [0.1, 0.15) is 5.75 Å². The number of carbonyl (C=O) groups is 1. The average molecular weight is 409 g/mol.